The van der Waals surface area contributed by atoms with Crippen LogP contribution in [0.15, 0.2) is 48.7 Å². The summed E-state index contributed by atoms with van der Waals surface area (Å²) >= 11 is 0. The molecule has 6 heteroatoms. The van der Waals surface area contributed by atoms with Crippen LogP contribution in [0.4, 0.5) is 0 Å². The van der Waals surface area contributed by atoms with Crippen LogP contribution in [0.3, 0.4) is 0 Å². The van der Waals surface area contributed by atoms with Gasteiger partial charge in [0.2, 0.25) is 0 Å². The first kappa shape index (κ1) is 21.4. The number of likely N-dealkylation sites (tertiary alicyclic amines) is 1. The summed E-state index contributed by atoms with van der Waals surface area (Å²) in [5.41, 5.74) is 4.19. The van der Waals surface area contributed by atoms with Gasteiger partial charge in [-0.25, -0.2) is 4.79 Å². The molecule has 4 rings (SSSR count). The summed E-state index contributed by atoms with van der Waals surface area (Å²) in [5, 5.41) is 1.34. The van der Waals surface area contributed by atoms with E-state index in [4.69, 9.17) is 14.2 Å². The molecule has 0 bridgehead atoms. The van der Waals surface area contributed by atoms with E-state index in [0.717, 1.165) is 38.0 Å². The largest absolute Gasteiger partial charge is 0.496 e. The van der Waals surface area contributed by atoms with Gasteiger partial charge in [0, 0.05) is 30.8 Å². The van der Waals surface area contributed by atoms with Crippen LogP contribution < -0.4 is 4.74 Å². The molecule has 0 radical (unpaired) electrons. The highest BCUT2D eigenvalue weighted by Gasteiger charge is 2.23. The van der Waals surface area contributed by atoms with Gasteiger partial charge in [-0.05, 0) is 61.2 Å². The summed E-state index contributed by atoms with van der Waals surface area (Å²) in [6.07, 6.45) is 4.43. The van der Waals surface area contributed by atoms with E-state index in [2.05, 4.69) is 40.3 Å². The first-order valence-electron chi connectivity index (χ1n) is 10.8. The number of ether oxygens (including phenoxy) is 3. The third-order valence-electron chi connectivity index (χ3n) is 6.06. The SMILES string of the molecule is COCCOC(=O)c1cc(CN2CCC(c3c[nH]c4ccccc34)CC2)ccc1OC. The maximum atomic E-state index is 12.5. The number of methoxy groups -OCH3 is 2. The highest BCUT2D eigenvalue weighted by atomic mass is 16.6. The molecule has 6 nitrogen and oxygen atoms in total. The molecule has 1 aromatic heterocycles. The Morgan fingerprint density at radius 1 is 1.10 bits per heavy atom. The molecule has 2 aromatic carbocycles. The van der Waals surface area contributed by atoms with E-state index >= 15 is 0 Å². The van der Waals surface area contributed by atoms with Gasteiger partial charge in [0.15, 0.2) is 0 Å². The number of aromatic amines is 1. The number of hydrogen-bond donors (Lipinski definition) is 1. The minimum absolute atomic E-state index is 0.226. The molecule has 164 valence electrons. The molecular formula is C25H30N2O4. The number of carbonyl (C=O) groups is 1. The molecule has 1 fully saturated rings. The van der Waals surface area contributed by atoms with Crippen LogP contribution in [0.2, 0.25) is 0 Å². The topological polar surface area (TPSA) is 63.8 Å². The van der Waals surface area contributed by atoms with E-state index < -0.39 is 0 Å². The summed E-state index contributed by atoms with van der Waals surface area (Å²) in [7, 11) is 3.15. The minimum Gasteiger partial charge on any atom is -0.496 e. The first-order chi connectivity index (χ1) is 15.2. The van der Waals surface area contributed by atoms with Crippen LogP contribution in [0.1, 0.15) is 40.2 Å². The average Bonchev–Trinajstić information content (AvgIpc) is 3.24. The quantitative estimate of drug-likeness (QED) is 0.432. The smallest absolute Gasteiger partial charge is 0.342 e. The van der Waals surface area contributed by atoms with Crippen molar-refractivity contribution >= 4 is 16.9 Å². The second-order valence-electron chi connectivity index (χ2n) is 8.00. The van der Waals surface area contributed by atoms with Crippen molar-refractivity contribution in [1.82, 2.24) is 9.88 Å². The van der Waals surface area contributed by atoms with Gasteiger partial charge in [0.25, 0.3) is 0 Å². The monoisotopic (exact) mass is 422 g/mol. The number of nitrogens with zero attached hydrogens (tertiary/aromatic N) is 1. The summed E-state index contributed by atoms with van der Waals surface area (Å²) in [4.78, 5) is 18.3. The van der Waals surface area contributed by atoms with Gasteiger partial charge in [0.05, 0.1) is 13.7 Å². The molecule has 0 atom stereocenters. The van der Waals surface area contributed by atoms with Gasteiger partial charge in [0.1, 0.15) is 17.9 Å². The Morgan fingerprint density at radius 2 is 1.90 bits per heavy atom. The number of esters is 1. The van der Waals surface area contributed by atoms with Gasteiger partial charge < -0.3 is 19.2 Å². The predicted molar refractivity (Wildman–Crippen MR) is 121 cm³/mol. The molecule has 0 aliphatic carbocycles. The number of hydrogen-bond acceptors (Lipinski definition) is 5. The van der Waals surface area contributed by atoms with Crippen molar-refractivity contribution in [3.63, 3.8) is 0 Å². The fourth-order valence-electron chi connectivity index (χ4n) is 4.40. The third-order valence-corrected chi connectivity index (χ3v) is 6.06. The normalized spacial score (nSPS) is 15.3. The number of rotatable bonds is 8. The average molecular weight is 423 g/mol. The standard InChI is InChI=1S/C25H30N2O4/c1-29-13-14-31-25(28)21-15-18(7-8-24(21)30-2)17-27-11-9-19(10-12-27)22-16-26-23-6-4-3-5-20(22)23/h3-8,15-16,19,26H,9-14,17H2,1-2H3. The number of H-pyrrole nitrogens is 1. The molecule has 0 amide bonds. The molecule has 1 aliphatic heterocycles. The lowest BCUT2D eigenvalue weighted by Gasteiger charge is -2.32. The van der Waals surface area contributed by atoms with Crippen LogP contribution in [0.5, 0.6) is 5.75 Å². The van der Waals surface area contributed by atoms with E-state index in [1.165, 1.54) is 16.5 Å². The lowest BCUT2D eigenvalue weighted by Crippen LogP contribution is -2.32. The van der Waals surface area contributed by atoms with Crippen molar-refractivity contribution in [2.45, 2.75) is 25.3 Å². The highest BCUT2D eigenvalue weighted by molar-refractivity contribution is 5.92. The fourth-order valence-corrected chi connectivity index (χ4v) is 4.40. The van der Waals surface area contributed by atoms with Crippen molar-refractivity contribution in [2.24, 2.45) is 0 Å². The zero-order chi connectivity index (χ0) is 21.6. The molecule has 0 unspecified atom stereocenters. The Balaban J connectivity index is 1.39. The molecule has 31 heavy (non-hydrogen) atoms. The van der Waals surface area contributed by atoms with E-state index in [-0.39, 0.29) is 12.6 Å². The van der Waals surface area contributed by atoms with Crippen molar-refractivity contribution in [2.75, 3.05) is 40.5 Å². The van der Waals surface area contributed by atoms with Crippen LogP contribution in [0.25, 0.3) is 10.9 Å². The second-order valence-corrected chi connectivity index (χ2v) is 8.00. The second kappa shape index (κ2) is 9.98. The summed E-state index contributed by atoms with van der Waals surface area (Å²) < 4.78 is 15.6. The molecule has 1 saturated heterocycles. The van der Waals surface area contributed by atoms with E-state index in [9.17, 15) is 4.79 Å². The van der Waals surface area contributed by atoms with Crippen LogP contribution in [-0.2, 0) is 16.0 Å². The van der Waals surface area contributed by atoms with Crippen molar-refractivity contribution < 1.29 is 19.0 Å². The van der Waals surface area contributed by atoms with E-state index in [1.54, 1.807) is 14.2 Å². The van der Waals surface area contributed by atoms with Gasteiger partial charge in [-0.1, -0.05) is 24.3 Å². The van der Waals surface area contributed by atoms with Crippen molar-refractivity contribution in [3.8, 4) is 5.75 Å². The zero-order valence-electron chi connectivity index (χ0n) is 18.2. The van der Waals surface area contributed by atoms with E-state index in [1.807, 2.05) is 18.2 Å². The van der Waals surface area contributed by atoms with Gasteiger partial charge >= 0.3 is 5.97 Å². The fraction of sp³-hybridized carbons (Fsp3) is 0.400. The summed E-state index contributed by atoms with van der Waals surface area (Å²) in [6, 6.07) is 14.3. The predicted octanol–water partition coefficient (Wildman–Crippen LogP) is 4.36. The van der Waals surface area contributed by atoms with Crippen LogP contribution in [0, 0.1) is 0 Å². The third kappa shape index (κ3) is 4.92. The molecule has 1 aliphatic rings. The number of fused-ring (bicyclic) bond motifs is 1. The number of nitrogens with one attached hydrogen (secondary N) is 1. The first-order valence-corrected chi connectivity index (χ1v) is 10.8. The Bertz CT molecular complexity index is 1020. The number of carbonyl (C=O) groups excluding carboxylic acids is 1. The van der Waals surface area contributed by atoms with Crippen molar-refractivity contribution in [3.05, 3.63) is 65.4 Å². The number of para-hydroxylation sites is 1. The Labute approximate surface area is 183 Å². The number of benzene rings is 2. The molecule has 3 aromatic rings. The maximum absolute atomic E-state index is 12.5. The van der Waals surface area contributed by atoms with E-state index in [0.29, 0.717) is 23.8 Å². The molecule has 0 saturated carbocycles. The highest BCUT2D eigenvalue weighted by Crippen LogP contribution is 2.33. The zero-order valence-corrected chi connectivity index (χ0v) is 18.2. The van der Waals surface area contributed by atoms with Crippen LogP contribution in [-0.4, -0.2) is 56.4 Å². The molecule has 2 heterocycles. The van der Waals surface area contributed by atoms with Gasteiger partial charge in [-0.15, -0.1) is 0 Å². The van der Waals surface area contributed by atoms with Crippen molar-refractivity contribution in [1.29, 1.82) is 0 Å². The molecule has 1 N–H and O–H groups in total. The summed E-state index contributed by atoms with van der Waals surface area (Å²) in [5.74, 6) is 0.729. The Morgan fingerprint density at radius 3 is 2.68 bits per heavy atom. The van der Waals surface area contributed by atoms with Gasteiger partial charge in [-0.3, -0.25) is 4.90 Å². The summed E-state index contributed by atoms with van der Waals surface area (Å²) in [6.45, 7) is 3.47. The van der Waals surface area contributed by atoms with Crippen LogP contribution >= 0.6 is 0 Å². The number of piperidine rings is 1. The lowest BCUT2D eigenvalue weighted by molar-refractivity contribution is 0.0384. The van der Waals surface area contributed by atoms with Gasteiger partial charge in [-0.2, -0.15) is 0 Å². The molecule has 0 spiro atoms. The maximum Gasteiger partial charge on any atom is 0.342 e. The Hall–Kier alpha value is -2.83. The lowest BCUT2D eigenvalue weighted by atomic mass is 9.89. The number of aromatic nitrogens is 1. The Kier molecular flexibility index (Phi) is 6.89. The minimum atomic E-state index is -0.381. The molecular weight excluding hydrogens is 392 g/mol.